The second kappa shape index (κ2) is 4.77. The number of hydrogen-bond acceptors (Lipinski definition) is 2. The predicted molar refractivity (Wildman–Crippen MR) is 53.6 cm³/mol. The Bertz CT molecular complexity index is 265. The fourth-order valence-electron chi connectivity index (χ4n) is 1.30. The first-order valence-electron chi connectivity index (χ1n) is 4.59. The third-order valence-corrected chi connectivity index (χ3v) is 2.21. The van der Waals surface area contributed by atoms with Crippen LogP contribution in [0, 0.1) is 5.92 Å². The van der Waals surface area contributed by atoms with Crippen molar-refractivity contribution in [3.8, 4) is 0 Å². The van der Waals surface area contributed by atoms with Crippen LogP contribution < -0.4 is 5.73 Å². The van der Waals surface area contributed by atoms with Gasteiger partial charge in [0.05, 0.1) is 0 Å². The summed E-state index contributed by atoms with van der Waals surface area (Å²) in [4.78, 5) is 11.7. The SMILES string of the molecule is CCC(CN)C(=O)c1ccccc1. The van der Waals surface area contributed by atoms with Crippen LogP contribution in [0.4, 0.5) is 0 Å². The number of carbonyl (C=O) groups excluding carboxylic acids is 1. The van der Waals surface area contributed by atoms with E-state index in [0.29, 0.717) is 6.54 Å². The first-order chi connectivity index (χ1) is 6.29. The molecule has 1 unspecified atom stereocenters. The summed E-state index contributed by atoms with van der Waals surface area (Å²) >= 11 is 0. The molecule has 2 N–H and O–H groups in total. The Morgan fingerprint density at radius 3 is 2.46 bits per heavy atom. The van der Waals surface area contributed by atoms with E-state index >= 15 is 0 Å². The molecule has 0 aliphatic carbocycles. The Hall–Kier alpha value is -1.15. The zero-order valence-electron chi connectivity index (χ0n) is 7.86. The zero-order chi connectivity index (χ0) is 9.68. The van der Waals surface area contributed by atoms with Gasteiger partial charge in [0.15, 0.2) is 5.78 Å². The molecule has 0 bridgehead atoms. The number of carbonyl (C=O) groups is 1. The quantitative estimate of drug-likeness (QED) is 0.713. The zero-order valence-corrected chi connectivity index (χ0v) is 7.86. The van der Waals surface area contributed by atoms with Gasteiger partial charge in [-0.3, -0.25) is 4.79 Å². The molecule has 70 valence electrons. The van der Waals surface area contributed by atoms with Crippen LogP contribution in [0.3, 0.4) is 0 Å². The van der Waals surface area contributed by atoms with E-state index in [4.69, 9.17) is 5.73 Å². The molecule has 0 fully saturated rings. The Morgan fingerprint density at radius 2 is 2.00 bits per heavy atom. The summed E-state index contributed by atoms with van der Waals surface area (Å²) in [7, 11) is 0. The lowest BCUT2D eigenvalue weighted by Crippen LogP contribution is -2.22. The molecule has 0 aliphatic heterocycles. The van der Waals surface area contributed by atoms with Crippen LogP contribution >= 0.6 is 0 Å². The molecule has 2 nitrogen and oxygen atoms in total. The van der Waals surface area contributed by atoms with Crippen LogP contribution in [0.5, 0.6) is 0 Å². The molecule has 0 saturated carbocycles. The number of benzene rings is 1. The van der Waals surface area contributed by atoms with E-state index in [2.05, 4.69) is 0 Å². The molecular weight excluding hydrogens is 162 g/mol. The van der Waals surface area contributed by atoms with E-state index in [-0.39, 0.29) is 11.7 Å². The average molecular weight is 177 g/mol. The third kappa shape index (κ3) is 2.39. The minimum atomic E-state index is -0.0256. The minimum Gasteiger partial charge on any atom is -0.330 e. The van der Waals surface area contributed by atoms with Gasteiger partial charge < -0.3 is 5.73 Å². The number of nitrogens with two attached hydrogens (primary N) is 1. The summed E-state index contributed by atoms with van der Waals surface area (Å²) in [5.41, 5.74) is 6.26. The Labute approximate surface area is 78.8 Å². The van der Waals surface area contributed by atoms with Crippen LogP contribution in [0.2, 0.25) is 0 Å². The van der Waals surface area contributed by atoms with E-state index in [1.807, 2.05) is 37.3 Å². The summed E-state index contributed by atoms with van der Waals surface area (Å²) < 4.78 is 0. The Balaban J connectivity index is 2.78. The summed E-state index contributed by atoms with van der Waals surface area (Å²) in [6.45, 7) is 2.42. The molecule has 0 heterocycles. The summed E-state index contributed by atoms with van der Waals surface area (Å²) in [6, 6.07) is 9.31. The van der Waals surface area contributed by atoms with Crippen molar-refractivity contribution in [2.75, 3.05) is 6.54 Å². The van der Waals surface area contributed by atoms with Crippen molar-refractivity contribution in [3.63, 3.8) is 0 Å². The highest BCUT2D eigenvalue weighted by molar-refractivity contribution is 5.97. The lowest BCUT2D eigenvalue weighted by molar-refractivity contribution is 0.0921. The van der Waals surface area contributed by atoms with E-state index in [1.165, 1.54) is 0 Å². The lowest BCUT2D eigenvalue weighted by Gasteiger charge is -2.10. The summed E-state index contributed by atoms with van der Waals surface area (Å²) in [5, 5.41) is 0. The molecule has 1 aromatic rings. The van der Waals surface area contributed by atoms with Crippen molar-refractivity contribution >= 4 is 5.78 Å². The molecule has 0 saturated heterocycles. The van der Waals surface area contributed by atoms with Crippen LogP contribution in [-0.2, 0) is 0 Å². The molecule has 0 spiro atoms. The van der Waals surface area contributed by atoms with Gasteiger partial charge in [-0.15, -0.1) is 0 Å². The minimum absolute atomic E-state index is 0.0256. The fraction of sp³-hybridized carbons (Fsp3) is 0.364. The molecule has 0 amide bonds. The van der Waals surface area contributed by atoms with E-state index in [0.717, 1.165) is 12.0 Å². The summed E-state index contributed by atoms with van der Waals surface area (Å²) in [6.07, 6.45) is 0.810. The standard InChI is InChI=1S/C11H15NO/c1-2-9(8-12)11(13)10-6-4-3-5-7-10/h3-7,9H,2,8,12H2,1H3. The van der Waals surface area contributed by atoms with Gasteiger partial charge in [0.2, 0.25) is 0 Å². The number of hydrogen-bond donors (Lipinski definition) is 1. The average Bonchev–Trinajstić information content (AvgIpc) is 2.21. The molecule has 1 aromatic carbocycles. The summed E-state index contributed by atoms with van der Waals surface area (Å²) in [5.74, 6) is 0.132. The second-order valence-corrected chi connectivity index (χ2v) is 3.07. The third-order valence-electron chi connectivity index (χ3n) is 2.21. The van der Waals surface area contributed by atoms with E-state index in [1.54, 1.807) is 0 Å². The highest BCUT2D eigenvalue weighted by atomic mass is 16.1. The van der Waals surface area contributed by atoms with E-state index < -0.39 is 0 Å². The molecule has 1 rings (SSSR count). The topological polar surface area (TPSA) is 43.1 Å². The van der Waals surface area contributed by atoms with Crippen molar-refractivity contribution in [1.29, 1.82) is 0 Å². The van der Waals surface area contributed by atoms with Gasteiger partial charge in [-0.25, -0.2) is 0 Å². The molecule has 13 heavy (non-hydrogen) atoms. The first kappa shape index (κ1) is 9.93. The largest absolute Gasteiger partial charge is 0.330 e. The predicted octanol–water partition coefficient (Wildman–Crippen LogP) is 1.85. The highest BCUT2D eigenvalue weighted by Crippen LogP contribution is 2.10. The molecule has 0 aromatic heterocycles. The van der Waals surface area contributed by atoms with Gasteiger partial charge in [0.25, 0.3) is 0 Å². The fourth-order valence-corrected chi connectivity index (χ4v) is 1.30. The van der Waals surface area contributed by atoms with Crippen molar-refractivity contribution < 1.29 is 4.79 Å². The number of ketones is 1. The van der Waals surface area contributed by atoms with Crippen LogP contribution in [0.15, 0.2) is 30.3 Å². The molecule has 2 heteroatoms. The van der Waals surface area contributed by atoms with E-state index in [9.17, 15) is 4.79 Å². The van der Waals surface area contributed by atoms with Gasteiger partial charge in [0.1, 0.15) is 0 Å². The van der Waals surface area contributed by atoms with Crippen molar-refractivity contribution in [2.45, 2.75) is 13.3 Å². The molecule has 1 atom stereocenters. The highest BCUT2D eigenvalue weighted by Gasteiger charge is 2.15. The first-order valence-corrected chi connectivity index (χ1v) is 4.59. The van der Waals surface area contributed by atoms with Crippen LogP contribution in [0.1, 0.15) is 23.7 Å². The van der Waals surface area contributed by atoms with Gasteiger partial charge in [0, 0.05) is 18.0 Å². The van der Waals surface area contributed by atoms with Crippen LogP contribution in [-0.4, -0.2) is 12.3 Å². The maximum atomic E-state index is 11.7. The molecule has 0 aliphatic rings. The molecular formula is C11H15NO. The lowest BCUT2D eigenvalue weighted by atomic mass is 9.96. The monoisotopic (exact) mass is 177 g/mol. The van der Waals surface area contributed by atoms with Gasteiger partial charge in [-0.05, 0) is 6.42 Å². The van der Waals surface area contributed by atoms with Crippen molar-refractivity contribution in [2.24, 2.45) is 11.7 Å². The maximum absolute atomic E-state index is 11.7. The smallest absolute Gasteiger partial charge is 0.167 e. The number of rotatable bonds is 4. The Morgan fingerprint density at radius 1 is 1.38 bits per heavy atom. The Kier molecular flexibility index (Phi) is 3.65. The second-order valence-electron chi connectivity index (χ2n) is 3.07. The number of Topliss-reactive ketones (excluding diaryl/α,β-unsaturated/α-hetero) is 1. The van der Waals surface area contributed by atoms with Gasteiger partial charge >= 0.3 is 0 Å². The normalized spacial score (nSPS) is 12.5. The molecule has 0 radical (unpaired) electrons. The van der Waals surface area contributed by atoms with Gasteiger partial charge in [-0.1, -0.05) is 37.3 Å². The van der Waals surface area contributed by atoms with Crippen LogP contribution in [0.25, 0.3) is 0 Å². The van der Waals surface area contributed by atoms with Crippen molar-refractivity contribution in [1.82, 2.24) is 0 Å². The maximum Gasteiger partial charge on any atom is 0.167 e. The van der Waals surface area contributed by atoms with Gasteiger partial charge in [-0.2, -0.15) is 0 Å². The van der Waals surface area contributed by atoms with Crippen molar-refractivity contribution in [3.05, 3.63) is 35.9 Å².